The molecule has 0 saturated carbocycles. The molecule has 0 spiro atoms. The van der Waals surface area contributed by atoms with Crippen LogP contribution in [0.1, 0.15) is 27.2 Å². The van der Waals surface area contributed by atoms with E-state index in [2.05, 4.69) is 34.1 Å². The van der Waals surface area contributed by atoms with Crippen molar-refractivity contribution in [2.45, 2.75) is 20.0 Å². The smallest absolute Gasteiger partial charge is 0.337 e. The topological polar surface area (TPSA) is 92.5 Å². The first-order valence-corrected chi connectivity index (χ1v) is 12.6. The first-order chi connectivity index (χ1) is 18.4. The van der Waals surface area contributed by atoms with Gasteiger partial charge < -0.3 is 19.0 Å². The number of esters is 1. The molecule has 4 aromatic rings. The van der Waals surface area contributed by atoms with E-state index in [0.717, 1.165) is 32.7 Å². The number of fused-ring (bicyclic) bond motifs is 1. The second-order valence-corrected chi connectivity index (χ2v) is 9.41. The van der Waals surface area contributed by atoms with E-state index in [1.54, 1.807) is 37.3 Å². The third kappa shape index (κ3) is 5.41. The minimum Gasteiger partial charge on any atom is -0.507 e. The Morgan fingerprint density at radius 3 is 2.24 bits per heavy atom. The van der Waals surface area contributed by atoms with Gasteiger partial charge in [0.15, 0.2) is 0 Å². The summed E-state index contributed by atoms with van der Waals surface area (Å²) in [5.74, 6) is 0.398. The predicted octanol–water partition coefficient (Wildman–Crippen LogP) is 4.70. The van der Waals surface area contributed by atoms with Gasteiger partial charge in [-0.25, -0.2) is 4.79 Å². The van der Waals surface area contributed by atoms with Crippen molar-refractivity contribution in [3.63, 3.8) is 0 Å². The maximum Gasteiger partial charge on any atom is 0.337 e. The van der Waals surface area contributed by atoms with Crippen molar-refractivity contribution in [1.82, 2.24) is 9.80 Å². The number of nitrogens with zero attached hydrogens (tertiary/aromatic N) is 2. The van der Waals surface area contributed by atoms with Crippen LogP contribution in [0.15, 0.2) is 75.9 Å². The minimum absolute atomic E-state index is 0.0643. The lowest BCUT2D eigenvalue weighted by Crippen LogP contribution is -2.45. The summed E-state index contributed by atoms with van der Waals surface area (Å²) in [6.45, 7) is 6.56. The van der Waals surface area contributed by atoms with Crippen LogP contribution in [0.5, 0.6) is 17.2 Å². The molecule has 196 valence electrons. The Kier molecular flexibility index (Phi) is 7.44. The number of ether oxygens (including phenoxy) is 2. The highest BCUT2D eigenvalue weighted by Crippen LogP contribution is 2.32. The predicted molar refractivity (Wildman–Crippen MR) is 144 cm³/mol. The minimum atomic E-state index is -0.456. The van der Waals surface area contributed by atoms with Gasteiger partial charge in [0.25, 0.3) is 0 Å². The molecule has 1 N–H and O–H groups in total. The molecule has 38 heavy (non-hydrogen) atoms. The molecule has 1 fully saturated rings. The number of carbonyl (C=O) groups excluding carboxylic acids is 1. The van der Waals surface area contributed by atoms with Crippen LogP contribution in [-0.4, -0.2) is 54.2 Å². The zero-order valence-corrected chi connectivity index (χ0v) is 21.5. The van der Waals surface area contributed by atoms with Gasteiger partial charge in [-0.3, -0.25) is 14.6 Å². The van der Waals surface area contributed by atoms with Gasteiger partial charge in [0.1, 0.15) is 22.8 Å². The van der Waals surface area contributed by atoms with Crippen LogP contribution in [0.2, 0.25) is 0 Å². The van der Waals surface area contributed by atoms with Gasteiger partial charge in [0.05, 0.1) is 23.6 Å². The Bertz CT molecular complexity index is 1490. The molecule has 2 heterocycles. The third-order valence-electron chi connectivity index (χ3n) is 6.85. The summed E-state index contributed by atoms with van der Waals surface area (Å²) < 4.78 is 16.7. The van der Waals surface area contributed by atoms with E-state index < -0.39 is 5.97 Å². The number of hydrogen-bond acceptors (Lipinski definition) is 8. The summed E-state index contributed by atoms with van der Waals surface area (Å²) in [4.78, 5) is 29.7. The van der Waals surface area contributed by atoms with E-state index >= 15 is 0 Å². The van der Waals surface area contributed by atoms with Crippen molar-refractivity contribution in [2.24, 2.45) is 0 Å². The average Bonchev–Trinajstić information content (AvgIpc) is 2.94. The largest absolute Gasteiger partial charge is 0.507 e. The number of benzene rings is 3. The van der Waals surface area contributed by atoms with E-state index in [0.29, 0.717) is 40.2 Å². The molecule has 3 aromatic carbocycles. The van der Waals surface area contributed by atoms with Crippen molar-refractivity contribution in [3.05, 3.63) is 99.4 Å². The number of methoxy groups -OCH3 is 1. The molecule has 1 saturated heterocycles. The van der Waals surface area contributed by atoms with Crippen LogP contribution in [-0.2, 0) is 17.8 Å². The Morgan fingerprint density at radius 2 is 1.58 bits per heavy atom. The molecule has 5 rings (SSSR count). The van der Waals surface area contributed by atoms with Gasteiger partial charge in [-0.2, -0.15) is 0 Å². The zero-order chi connectivity index (χ0) is 26.6. The molecule has 0 amide bonds. The van der Waals surface area contributed by atoms with Crippen molar-refractivity contribution in [3.8, 4) is 17.2 Å². The van der Waals surface area contributed by atoms with Crippen LogP contribution in [0.25, 0.3) is 11.0 Å². The van der Waals surface area contributed by atoms with Crippen LogP contribution >= 0.6 is 0 Å². The second kappa shape index (κ2) is 11.1. The highest BCUT2D eigenvalue weighted by molar-refractivity contribution is 5.89. The lowest BCUT2D eigenvalue weighted by atomic mass is 10.1. The molecule has 0 aliphatic carbocycles. The lowest BCUT2D eigenvalue weighted by Gasteiger charge is -2.34. The quantitative estimate of drug-likeness (QED) is 0.355. The lowest BCUT2D eigenvalue weighted by molar-refractivity contribution is 0.0600. The number of hydrogen-bond donors (Lipinski definition) is 1. The molecule has 0 radical (unpaired) electrons. The SMILES string of the molecule is COC(=O)c1ccc(Oc2c(C)oc3c(CN4CCN(Cc5ccccc5)CC4)c(O)ccc3c2=O)cc1. The van der Waals surface area contributed by atoms with E-state index in [4.69, 9.17) is 13.9 Å². The molecular formula is C30H30N2O6. The highest BCUT2D eigenvalue weighted by atomic mass is 16.5. The van der Waals surface area contributed by atoms with Gasteiger partial charge in [-0.15, -0.1) is 0 Å². The van der Waals surface area contributed by atoms with Gasteiger partial charge in [-0.1, -0.05) is 30.3 Å². The summed E-state index contributed by atoms with van der Waals surface area (Å²) in [6, 6.07) is 19.8. The summed E-state index contributed by atoms with van der Waals surface area (Å²) in [5.41, 5.74) is 2.31. The van der Waals surface area contributed by atoms with Crippen LogP contribution in [0.4, 0.5) is 0 Å². The fourth-order valence-electron chi connectivity index (χ4n) is 4.73. The zero-order valence-electron chi connectivity index (χ0n) is 21.5. The van der Waals surface area contributed by atoms with Gasteiger partial charge >= 0.3 is 5.97 Å². The van der Waals surface area contributed by atoms with E-state index in [1.165, 1.54) is 18.7 Å². The molecule has 1 aromatic heterocycles. The molecule has 1 aliphatic heterocycles. The van der Waals surface area contributed by atoms with Crippen molar-refractivity contribution >= 4 is 16.9 Å². The van der Waals surface area contributed by atoms with Crippen molar-refractivity contribution < 1.29 is 23.8 Å². The van der Waals surface area contributed by atoms with E-state index in [1.807, 2.05) is 6.07 Å². The Morgan fingerprint density at radius 1 is 0.921 bits per heavy atom. The normalized spacial score (nSPS) is 14.5. The number of piperazine rings is 1. The van der Waals surface area contributed by atoms with Crippen molar-refractivity contribution in [1.29, 1.82) is 0 Å². The first kappa shape index (κ1) is 25.5. The fourth-order valence-corrected chi connectivity index (χ4v) is 4.73. The first-order valence-electron chi connectivity index (χ1n) is 12.6. The van der Waals surface area contributed by atoms with Crippen LogP contribution in [0, 0.1) is 6.92 Å². The third-order valence-corrected chi connectivity index (χ3v) is 6.85. The molecule has 8 nitrogen and oxygen atoms in total. The summed E-state index contributed by atoms with van der Waals surface area (Å²) in [5, 5.41) is 11.0. The van der Waals surface area contributed by atoms with E-state index in [9.17, 15) is 14.7 Å². The highest BCUT2D eigenvalue weighted by Gasteiger charge is 2.23. The molecule has 0 atom stereocenters. The monoisotopic (exact) mass is 514 g/mol. The van der Waals surface area contributed by atoms with Gasteiger partial charge in [0.2, 0.25) is 11.2 Å². The number of aromatic hydroxyl groups is 1. The summed E-state index contributed by atoms with van der Waals surface area (Å²) in [6.07, 6.45) is 0. The Balaban J connectivity index is 1.34. The van der Waals surface area contributed by atoms with Gasteiger partial charge in [0, 0.05) is 39.3 Å². The molecule has 0 unspecified atom stereocenters. The van der Waals surface area contributed by atoms with Crippen molar-refractivity contribution in [2.75, 3.05) is 33.3 Å². The standard InChI is InChI=1S/C30H30N2O6/c1-20-28(38-23-10-8-22(9-11-23)30(35)36-2)27(34)24-12-13-26(33)25(29(24)37-20)19-32-16-14-31(15-17-32)18-21-6-4-3-5-7-21/h3-13,33H,14-19H2,1-2H3. The molecule has 0 bridgehead atoms. The van der Waals surface area contributed by atoms with Gasteiger partial charge in [-0.05, 0) is 48.9 Å². The number of carbonyl (C=O) groups is 1. The number of phenols is 1. The molecular weight excluding hydrogens is 484 g/mol. The summed E-state index contributed by atoms with van der Waals surface area (Å²) in [7, 11) is 1.31. The number of phenolic OH excluding ortho intramolecular Hbond substituents is 1. The average molecular weight is 515 g/mol. The molecule has 1 aliphatic rings. The van der Waals surface area contributed by atoms with E-state index in [-0.39, 0.29) is 16.9 Å². The van der Waals surface area contributed by atoms with Crippen LogP contribution in [0.3, 0.4) is 0 Å². The number of rotatable bonds is 7. The molecule has 8 heteroatoms. The Hall–Kier alpha value is -4.14. The van der Waals surface area contributed by atoms with Crippen LogP contribution < -0.4 is 10.2 Å². The second-order valence-electron chi connectivity index (χ2n) is 9.41. The maximum atomic E-state index is 13.4. The number of aryl methyl sites for hydroxylation is 1. The summed E-state index contributed by atoms with van der Waals surface area (Å²) >= 11 is 0. The Labute approximate surface area is 220 Å². The maximum absolute atomic E-state index is 13.4. The fraction of sp³-hybridized carbons (Fsp3) is 0.267.